The predicted molar refractivity (Wildman–Crippen MR) is 109 cm³/mol. The van der Waals surface area contributed by atoms with Gasteiger partial charge in [-0.2, -0.15) is 0 Å². The molecule has 3 N–H and O–H groups in total. The van der Waals surface area contributed by atoms with Crippen LogP contribution in [0, 0.1) is 0 Å². The van der Waals surface area contributed by atoms with Gasteiger partial charge in [-0.05, 0) is 56.0 Å². The Labute approximate surface area is 172 Å². The molecule has 6 nitrogen and oxygen atoms in total. The number of benzene rings is 2. The van der Waals surface area contributed by atoms with Crippen LogP contribution in [0.25, 0.3) is 5.70 Å². The number of rotatable bonds is 4. The van der Waals surface area contributed by atoms with Crippen molar-refractivity contribution in [2.24, 2.45) is 0 Å². The number of phenols is 1. The fourth-order valence-electron chi connectivity index (χ4n) is 2.99. The quantitative estimate of drug-likeness (QED) is 0.590. The highest BCUT2D eigenvalue weighted by Crippen LogP contribution is 2.45. The lowest BCUT2D eigenvalue weighted by Crippen LogP contribution is -2.44. The Morgan fingerprint density at radius 1 is 1.19 bits per heavy atom. The molecule has 0 saturated carbocycles. The Morgan fingerprint density at radius 3 is 2.44 bits per heavy atom. The molecule has 0 fully saturated rings. The average Bonchev–Trinajstić information content (AvgIpc) is 2.66. The highest BCUT2D eigenvalue weighted by atomic mass is 79.9. The summed E-state index contributed by atoms with van der Waals surface area (Å²) in [6, 6.07) is 9.60. The Morgan fingerprint density at radius 2 is 1.85 bits per heavy atom. The lowest BCUT2D eigenvalue weighted by atomic mass is 9.90. The summed E-state index contributed by atoms with van der Waals surface area (Å²) in [5.41, 5.74) is 2.15. The Hall–Kier alpha value is -2.32. The summed E-state index contributed by atoms with van der Waals surface area (Å²) in [6.07, 6.45) is 0. The van der Waals surface area contributed by atoms with Crippen LogP contribution in [0.2, 0.25) is 0 Å². The van der Waals surface area contributed by atoms with Crippen LogP contribution >= 0.6 is 31.9 Å². The zero-order valence-electron chi connectivity index (χ0n) is 14.5. The molecule has 0 unspecified atom stereocenters. The number of nitrogens with one attached hydrogen (secondary N) is 2. The van der Waals surface area contributed by atoms with Gasteiger partial charge >= 0.3 is 6.03 Å². The van der Waals surface area contributed by atoms with Crippen LogP contribution in [-0.2, 0) is 4.79 Å². The zero-order valence-corrected chi connectivity index (χ0v) is 17.6. The largest absolute Gasteiger partial charge is 0.503 e. The van der Waals surface area contributed by atoms with E-state index in [9.17, 15) is 14.7 Å². The molecule has 3 rings (SSSR count). The van der Waals surface area contributed by atoms with Gasteiger partial charge in [0.2, 0.25) is 0 Å². The summed E-state index contributed by atoms with van der Waals surface area (Å²) >= 11 is 6.75. The number of hydrogen-bond donors (Lipinski definition) is 3. The summed E-state index contributed by atoms with van der Waals surface area (Å²) < 4.78 is 6.10. The number of ether oxygens (including phenoxy) is 1. The molecule has 27 heavy (non-hydrogen) atoms. The summed E-state index contributed by atoms with van der Waals surface area (Å²) in [5.74, 6) is -0.0524. The van der Waals surface area contributed by atoms with Gasteiger partial charge in [-0.3, -0.25) is 4.79 Å². The molecule has 8 heteroatoms. The normalized spacial score (nSPS) is 16.6. The zero-order chi connectivity index (χ0) is 19.7. The van der Waals surface area contributed by atoms with Crippen molar-refractivity contribution in [1.29, 1.82) is 0 Å². The molecule has 0 spiro atoms. The SMILES string of the molecule is COc1cc([C@H]2NC(=O)NC(c3ccccc3)=C2C(C)=O)c(Br)c(Br)c1O. The average molecular weight is 496 g/mol. The van der Waals surface area contributed by atoms with Crippen LogP contribution < -0.4 is 15.4 Å². The van der Waals surface area contributed by atoms with Crippen molar-refractivity contribution < 1.29 is 19.4 Å². The van der Waals surface area contributed by atoms with E-state index in [0.29, 0.717) is 25.8 Å². The number of aromatic hydroxyl groups is 1. The molecule has 2 aromatic carbocycles. The first-order valence-corrected chi connectivity index (χ1v) is 9.56. The Bertz CT molecular complexity index is 958. The molecular weight excluding hydrogens is 480 g/mol. The standard InChI is InChI=1S/C19H16Br2N2O4/c1-9(24)13-16(10-6-4-3-5-7-10)22-19(26)23-17(13)11-8-12(27-2)18(25)15(21)14(11)20/h3-8,17,25H,1-2H3,(H2,22,23,26)/t17-/m1/s1. The molecule has 2 aromatic rings. The molecule has 1 atom stereocenters. The van der Waals surface area contributed by atoms with E-state index in [1.165, 1.54) is 14.0 Å². The van der Waals surface area contributed by atoms with E-state index in [4.69, 9.17) is 4.74 Å². The minimum Gasteiger partial charge on any atom is -0.503 e. The molecule has 1 aliphatic rings. The highest BCUT2D eigenvalue weighted by molar-refractivity contribution is 9.13. The maximum absolute atomic E-state index is 12.5. The van der Waals surface area contributed by atoms with Crippen molar-refractivity contribution in [1.82, 2.24) is 10.6 Å². The van der Waals surface area contributed by atoms with E-state index in [1.54, 1.807) is 6.07 Å². The van der Waals surface area contributed by atoms with Gasteiger partial charge in [0, 0.05) is 10.0 Å². The van der Waals surface area contributed by atoms with E-state index in [1.807, 2.05) is 30.3 Å². The van der Waals surface area contributed by atoms with Crippen molar-refractivity contribution in [3.8, 4) is 11.5 Å². The molecule has 0 saturated heterocycles. The number of halogens is 2. The smallest absolute Gasteiger partial charge is 0.320 e. The highest BCUT2D eigenvalue weighted by Gasteiger charge is 2.34. The topological polar surface area (TPSA) is 87.7 Å². The minimum atomic E-state index is -0.730. The van der Waals surface area contributed by atoms with E-state index >= 15 is 0 Å². The molecule has 2 amide bonds. The van der Waals surface area contributed by atoms with Crippen LogP contribution in [0.3, 0.4) is 0 Å². The first kappa shape index (κ1) is 19.4. The fraction of sp³-hybridized carbons (Fsp3) is 0.158. The van der Waals surface area contributed by atoms with Crippen LogP contribution in [0.4, 0.5) is 4.79 Å². The molecular formula is C19H16Br2N2O4. The summed E-state index contributed by atoms with van der Waals surface area (Å²) in [6.45, 7) is 1.45. The number of Topliss-reactive ketones (excluding diaryl/α,β-unsaturated/α-hetero) is 1. The Kier molecular flexibility index (Phi) is 5.57. The first-order chi connectivity index (χ1) is 12.8. The number of methoxy groups -OCH3 is 1. The second-order valence-corrected chi connectivity index (χ2v) is 7.47. The third-order valence-corrected chi connectivity index (χ3v) is 6.38. The minimum absolute atomic E-state index is 0.0787. The molecule has 0 aromatic heterocycles. The van der Waals surface area contributed by atoms with Crippen LogP contribution in [0.15, 0.2) is 50.9 Å². The second-order valence-electron chi connectivity index (χ2n) is 5.89. The van der Waals surface area contributed by atoms with Gasteiger partial charge in [0.1, 0.15) is 0 Å². The van der Waals surface area contributed by atoms with Crippen molar-refractivity contribution in [3.05, 3.63) is 62.0 Å². The first-order valence-electron chi connectivity index (χ1n) is 7.98. The number of phenolic OH excluding ortho intramolecular Hbond substituents is 1. The number of carbonyl (C=O) groups is 2. The van der Waals surface area contributed by atoms with E-state index in [0.717, 1.165) is 5.56 Å². The summed E-state index contributed by atoms with van der Waals surface area (Å²) in [4.78, 5) is 24.9. The fourth-order valence-corrected chi connectivity index (χ4v) is 3.94. The maximum atomic E-state index is 12.5. The monoisotopic (exact) mass is 494 g/mol. The Balaban J connectivity index is 2.27. The van der Waals surface area contributed by atoms with Gasteiger partial charge in [-0.1, -0.05) is 30.3 Å². The van der Waals surface area contributed by atoms with Gasteiger partial charge in [0.15, 0.2) is 17.3 Å². The van der Waals surface area contributed by atoms with Crippen molar-refractivity contribution in [2.75, 3.05) is 7.11 Å². The number of urea groups is 1. The number of amides is 2. The summed E-state index contributed by atoms with van der Waals surface area (Å²) in [5, 5.41) is 15.7. The van der Waals surface area contributed by atoms with E-state index in [-0.39, 0.29) is 17.3 Å². The van der Waals surface area contributed by atoms with Crippen molar-refractivity contribution in [3.63, 3.8) is 0 Å². The third kappa shape index (κ3) is 3.59. The molecule has 1 aliphatic heterocycles. The van der Waals surface area contributed by atoms with Crippen molar-refractivity contribution in [2.45, 2.75) is 13.0 Å². The molecule has 1 heterocycles. The molecule has 0 aliphatic carbocycles. The van der Waals surface area contributed by atoms with Crippen LogP contribution in [-0.4, -0.2) is 24.0 Å². The van der Waals surface area contributed by atoms with E-state index < -0.39 is 12.1 Å². The lowest BCUT2D eigenvalue weighted by Gasteiger charge is -2.30. The third-order valence-electron chi connectivity index (χ3n) is 4.22. The number of ketones is 1. The summed E-state index contributed by atoms with van der Waals surface area (Å²) in [7, 11) is 1.43. The second kappa shape index (κ2) is 7.74. The molecule has 0 radical (unpaired) electrons. The van der Waals surface area contributed by atoms with E-state index in [2.05, 4.69) is 42.5 Å². The predicted octanol–water partition coefficient (Wildman–Crippen LogP) is 4.28. The number of carbonyl (C=O) groups excluding carboxylic acids is 2. The van der Waals surface area contributed by atoms with Gasteiger partial charge in [0.05, 0.1) is 23.3 Å². The lowest BCUT2D eigenvalue weighted by molar-refractivity contribution is -0.113. The molecule has 140 valence electrons. The number of hydrogen-bond acceptors (Lipinski definition) is 4. The van der Waals surface area contributed by atoms with Crippen LogP contribution in [0.5, 0.6) is 11.5 Å². The molecule has 0 bridgehead atoms. The van der Waals surface area contributed by atoms with Gasteiger partial charge in [0.25, 0.3) is 0 Å². The van der Waals surface area contributed by atoms with Gasteiger partial charge in [-0.25, -0.2) is 4.79 Å². The van der Waals surface area contributed by atoms with Gasteiger partial charge < -0.3 is 20.5 Å². The maximum Gasteiger partial charge on any atom is 0.320 e. The van der Waals surface area contributed by atoms with Crippen LogP contribution in [0.1, 0.15) is 24.1 Å². The van der Waals surface area contributed by atoms with Crippen molar-refractivity contribution >= 4 is 49.4 Å². The van der Waals surface area contributed by atoms with Gasteiger partial charge in [-0.15, -0.1) is 0 Å².